The number of aliphatic hydroxyl groups excluding tert-OH is 1. The van der Waals surface area contributed by atoms with Gasteiger partial charge in [0.1, 0.15) is 5.75 Å². The Morgan fingerprint density at radius 3 is 2.75 bits per heavy atom. The molecule has 0 aliphatic heterocycles. The molecule has 0 saturated heterocycles. The molecule has 0 atom stereocenters. The van der Waals surface area contributed by atoms with Crippen molar-refractivity contribution in [3.05, 3.63) is 23.8 Å². The molecule has 0 heterocycles. The molecule has 0 saturated carbocycles. The van der Waals surface area contributed by atoms with Gasteiger partial charge >= 0.3 is 0 Å². The van der Waals surface area contributed by atoms with Gasteiger partial charge in [0.25, 0.3) is 5.91 Å². The Kier molecular flexibility index (Phi) is 4.13. The van der Waals surface area contributed by atoms with Crippen LogP contribution < -0.4 is 5.73 Å². The number of likely N-dealkylation sites (N-methyl/N-ethyl adjacent to an activating group) is 1. The lowest BCUT2D eigenvalue weighted by Gasteiger charge is -2.20. The van der Waals surface area contributed by atoms with Crippen LogP contribution in [-0.2, 0) is 0 Å². The van der Waals surface area contributed by atoms with Crippen LogP contribution in [0.25, 0.3) is 0 Å². The largest absolute Gasteiger partial charge is 0.508 e. The number of rotatable bonds is 4. The van der Waals surface area contributed by atoms with Crippen LogP contribution in [0.15, 0.2) is 18.2 Å². The first-order chi connectivity index (χ1) is 7.60. The summed E-state index contributed by atoms with van der Waals surface area (Å²) >= 11 is 0. The second kappa shape index (κ2) is 5.37. The average molecular weight is 224 g/mol. The number of phenolic OH excluding ortho intramolecular Hbond substituents is 1. The van der Waals surface area contributed by atoms with E-state index in [1.165, 1.54) is 23.1 Å². The lowest BCUT2D eigenvalue weighted by Crippen LogP contribution is -2.33. The second-order valence-electron chi connectivity index (χ2n) is 3.38. The molecule has 0 spiro atoms. The first-order valence-electron chi connectivity index (χ1n) is 5.08. The molecular weight excluding hydrogens is 208 g/mol. The minimum Gasteiger partial charge on any atom is -0.508 e. The quantitative estimate of drug-likeness (QED) is 0.511. The van der Waals surface area contributed by atoms with Crippen molar-refractivity contribution in [2.75, 3.05) is 25.4 Å². The van der Waals surface area contributed by atoms with Gasteiger partial charge in [0.05, 0.1) is 12.2 Å². The average Bonchev–Trinajstić information content (AvgIpc) is 2.28. The topological polar surface area (TPSA) is 86.8 Å². The maximum atomic E-state index is 12.0. The van der Waals surface area contributed by atoms with E-state index in [1.807, 2.05) is 6.92 Å². The molecule has 0 aliphatic carbocycles. The number of aliphatic hydroxyl groups is 1. The van der Waals surface area contributed by atoms with Crippen LogP contribution >= 0.6 is 0 Å². The van der Waals surface area contributed by atoms with E-state index in [9.17, 15) is 9.90 Å². The monoisotopic (exact) mass is 224 g/mol. The van der Waals surface area contributed by atoms with E-state index in [1.54, 1.807) is 0 Å². The van der Waals surface area contributed by atoms with E-state index < -0.39 is 0 Å². The predicted octanol–water partition coefficient (Wildman–Crippen LogP) is 0.429. The minimum atomic E-state index is -0.287. The standard InChI is InChI=1S/C11H16N2O3/c1-2-13(5-6-14)11(16)9-7-8(15)3-4-10(9)12/h3-4,7,14-15H,2,5-6,12H2,1H3. The molecule has 1 rings (SSSR count). The van der Waals surface area contributed by atoms with E-state index in [0.29, 0.717) is 12.2 Å². The van der Waals surface area contributed by atoms with Crippen LogP contribution in [0.3, 0.4) is 0 Å². The summed E-state index contributed by atoms with van der Waals surface area (Å²) in [5, 5.41) is 18.1. The number of phenols is 1. The third-order valence-electron chi connectivity index (χ3n) is 2.31. The minimum absolute atomic E-state index is 0.00222. The van der Waals surface area contributed by atoms with Crippen molar-refractivity contribution in [1.82, 2.24) is 4.90 Å². The van der Waals surface area contributed by atoms with Gasteiger partial charge in [0.15, 0.2) is 0 Å². The fraction of sp³-hybridized carbons (Fsp3) is 0.364. The third-order valence-corrected chi connectivity index (χ3v) is 2.31. The van der Waals surface area contributed by atoms with Crippen molar-refractivity contribution in [2.24, 2.45) is 0 Å². The van der Waals surface area contributed by atoms with Crippen molar-refractivity contribution in [1.29, 1.82) is 0 Å². The van der Waals surface area contributed by atoms with Crippen molar-refractivity contribution < 1.29 is 15.0 Å². The molecule has 1 amide bonds. The number of anilines is 1. The number of nitrogens with zero attached hydrogens (tertiary/aromatic N) is 1. The summed E-state index contributed by atoms with van der Waals surface area (Å²) < 4.78 is 0. The molecule has 5 heteroatoms. The molecule has 0 radical (unpaired) electrons. The maximum Gasteiger partial charge on any atom is 0.256 e. The molecule has 0 aromatic heterocycles. The lowest BCUT2D eigenvalue weighted by atomic mass is 10.1. The number of aromatic hydroxyl groups is 1. The molecule has 0 fully saturated rings. The van der Waals surface area contributed by atoms with Crippen molar-refractivity contribution in [3.8, 4) is 5.75 Å². The predicted molar refractivity (Wildman–Crippen MR) is 61.2 cm³/mol. The fourth-order valence-corrected chi connectivity index (χ4v) is 1.42. The zero-order valence-corrected chi connectivity index (χ0v) is 9.18. The summed E-state index contributed by atoms with van der Waals surface area (Å²) in [6.07, 6.45) is 0. The van der Waals surface area contributed by atoms with Crippen LogP contribution in [-0.4, -0.2) is 40.7 Å². The zero-order chi connectivity index (χ0) is 12.1. The van der Waals surface area contributed by atoms with E-state index >= 15 is 0 Å². The first kappa shape index (κ1) is 12.3. The summed E-state index contributed by atoms with van der Waals surface area (Å²) in [7, 11) is 0. The third kappa shape index (κ3) is 2.64. The highest BCUT2D eigenvalue weighted by molar-refractivity contribution is 5.99. The van der Waals surface area contributed by atoms with E-state index in [-0.39, 0.29) is 30.4 Å². The van der Waals surface area contributed by atoms with Gasteiger partial charge in [-0.1, -0.05) is 0 Å². The highest BCUT2D eigenvalue weighted by atomic mass is 16.3. The van der Waals surface area contributed by atoms with Gasteiger partial charge in [-0.15, -0.1) is 0 Å². The first-order valence-corrected chi connectivity index (χ1v) is 5.08. The van der Waals surface area contributed by atoms with Crippen LogP contribution in [0.1, 0.15) is 17.3 Å². The Labute approximate surface area is 94.1 Å². The lowest BCUT2D eigenvalue weighted by molar-refractivity contribution is 0.0732. The van der Waals surface area contributed by atoms with Gasteiger partial charge in [0, 0.05) is 18.8 Å². The summed E-state index contributed by atoms with van der Waals surface area (Å²) in [5.74, 6) is -0.289. The van der Waals surface area contributed by atoms with Crippen LogP contribution in [0.4, 0.5) is 5.69 Å². The van der Waals surface area contributed by atoms with Crippen LogP contribution in [0, 0.1) is 0 Å². The van der Waals surface area contributed by atoms with E-state index in [4.69, 9.17) is 10.8 Å². The Morgan fingerprint density at radius 2 is 2.19 bits per heavy atom. The second-order valence-corrected chi connectivity index (χ2v) is 3.38. The Balaban J connectivity index is 2.98. The number of amides is 1. The maximum absolute atomic E-state index is 12.0. The van der Waals surface area contributed by atoms with Gasteiger partial charge in [-0.3, -0.25) is 4.79 Å². The highest BCUT2D eigenvalue weighted by Gasteiger charge is 2.16. The SMILES string of the molecule is CCN(CCO)C(=O)c1cc(O)ccc1N. The molecule has 1 aromatic carbocycles. The van der Waals surface area contributed by atoms with Crippen LogP contribution in [0.2, 0.25) is 0 Å². The molecule has 0 aliphatic rings. The molecule has 4 N–H and O–H groups in total. The van der Waals surface area contributed by atoms with Gasteiger partial charge in [-0.2, -0.15) is 0 Å². The highest BCUT2D eigenvalue weighted by Crippen LogP contribution is 2.20. The fourth-order valence-electron chi connectivity index (χ4n) is 1.42. The molecule has 88 valence electrons. The Bertz CT molecular complexity index is 379. The van der Waals surface area contributed by atoms with Gasteiger partial charge in [-0.25, -0.2) is 0 Å². The van der Waals surface area contributed by atoms with Crippen molar-refractivity contribution in [3.63, 3.8) is 0 Å². The summed E-state index contributed by atoms with van der Waals surface area (Å²) in [5.41, 5.74) is 6.24. The van der Waals surface area contributed by atoms with E-state index in [0.717, 1.165) is 0 Å². The summed E-state index contributed by atoms with van der Waals surface area (Å²) in [4.78, 5) is 13.4. The van der Waals surface area contributed by atoms with Gasteiger partial charge in [-0.05, 0) is 25.1 Å². The molecule has 5 nitrogen and oxygen atoms in total. The molecule has 1 aromatic rings. The number of nitrogens with two attached hydrogens (primary N) is 1. The Hall–Kier alpha value is -1.75. The van der Waals surface area contributed by atoms with Gasteiger partial charge in [0.2, 0.25) is 0 Å². The van der Waals surface area contributed by atoms with Crippen molar-refractivity contribution >= 4 is 11.6 Å². The molecule has 0 unspecified atom stereocenters. The van der Waals surface area contributed by atoms with E-state index in [2.05, 4.69) is 0 Å². The van der Waals surface area contributed by atoms with Crippen LogP contribution in [0.5, 0.6) is 5.75 Å². The number of nitrogen functional groups attached to an aromatic ring is 1. The number of carbonyl (C=O) groups is 1. The van der Waals surface area contributed by atoms with Crippen molar-refractivity contribution in [2.45, 2.75) is 6.92 Å². The summed E-state index contributed by atoms with van der Waals surface area (Å²) in [6, 6.07) is 4.24. The number of benzene rings is 1. The molecule has 0 bridgehead atoms. The molecular formula is C11H16N2O3. The number of carbonyl (C=O) groups excluding carboxylic acids is 1. The number of hydrogen-bond acceptors (Lipinski definition) is 4. The van der Waals surface area contributed by atoms with Gasteiger partial charge < -0.3 is 20.8 Å². The smallest absolute Gasteiger partial charge is 0.256 e. The normalized spacial score (nSPS) is 10.1. The number of hydrogen-bond donors (Lipinski definition) is 3. The summed E-state index contributed by atoms with van der Waals surface area (Å²) in [6.45, 7) is 2.45. The Morgan fingerprint density at radius 1 is 1.50 bits per heavy atom. The molecule has 16 heavy (non-hydrogen) atoms. The zero-order valence-electron chi connectivity index (χ0n) is 9.18.